The number of H-pyrrole nitrogens is 1. The number of nitro groups is 1. The molecule has 1 fully saturated rings. The Hall–Kier alpha value is -11.6. The number of primary amides is 2. The number of Topliss-reactive ketones (excluding diaryl/α,β-unsaturated/α-hetero) is 4. The summed E-state index contributed by atoms with van der Waals surface area (Å²) in [5, 5.41) is 63.7. The number of nitrogens with zero attached hydrogens (tertiary/aromatic N) is 3. The molecule has 680 valence electrons. The molecule has 7 rings (SSSR count). The fraction of sp³-hybridized carbons (Fsp3) is 0.561. The summed E-state index contributed by atoms with van der Waals surface area (Å²) in [5.74, 6) is -19.0. The Bertz CT molecular complexity index is 4490. The SMILES string of the molecule is CCCOCCOCCC(=O)C[C@@H](C)C(=O)N[C@@H](C)C(=O)C[C@@H](CC(N)=O)C(=O)Nc1ccc(COC(=O)N(C)CCNC(C)C)cc1.CC[C@H](C)[C@@H]1NC(=O)CNC(=O)[C@@H]2CC(=O)[C@H]([C@@H](C)[C@@H](O)CO)NC(=O)[C@@H]3C[C@@H](O)CN3C(=O)[C@H](CC(N)=O)CC(=O)[C@H](CS(=O)c3[nH]c4cc(OC(=O)Oc5ccc([N+](=O)[O-])cc5)ccc4c3C2)NC(=O)CNC1=O. The summed E-state index contributed by atoms with van der Waals surface area (Å²) < 4.78 is 41.5. The molecule has 2 bridgehead atoms. The number of fused-ring (bicyclic) bond motifs is 5. The number of aromatic nitrogens is 1. The van der Waals surface area contributed by atoms with Crippen molar-refractivity contribution in [3.63, 3.8) is 0 Å². The Balaban J connectivity index is 0.000000427. The first kappa shape index (κ1) is 101. The molecule has 4 aromatic rings. The Kier molecular flexibility index (Phi) is 40.5. The van der Waals surface area contributed by atoms with Gasteiger partial charge in [0.15, 0.2) is 17.3 Å². The number of aromatic amines is 1. The minimum atomic E-state index is -2.46. The zero-order chi connectivity index (χ0) is 91.8. The van der Waals surface area contributed by atoms with E-state index in [2.05, 4.69) is 47.5 Å². The van der Waals surface area contributed by atoms with Crippen LogP contribution >= 0.6 is 0 Å². The lowest BCUT2D eigenvalue weighted by Gasteiger charge is -2.32. The van der Waals surface area contributed by atoms with Crippen molar-refractivity contribution in [3.05, 3.63) is 88.0 Å². The van der Waals surface area contributed by atoms with Crippen LogP contribution in [0.25, 0.3) is 10.9 Å². The first-order valence-electron chi connectivity index (χ1n) is 40.7. The number of non-ortho nitro benzene ring substituents is 1. The number of likely N-dealkylation sites (N-methyl/N-ethyl adjacent to an activating group) is 1. The molecule has 0 saturated carbocycles. The van der Waals surface area contributed by atoms with Crippen molar-refractivity contribution in [2.24, 2.45) is 47.0 Å². The van der Waals surface area contributed by atoms with Crippen molar-refractivity contribution in [1.29, 1.82) is 0 Å². The molecule has 41 nitrogen and oxygen atoms in total. The van der Waals surface area contributed by atoms with Crippen LogP contribution in [0.3, 0.4) is 0 Å². The topological polar surface area (TPSA) is 611 Å². The van der Waals surface area contributed by atoms with Crippen LogP contribution in [0, 0.1) is 45.6 Å². The molecule has 42 heteroatoms. The number of ketones is 4. The molecule has 124 heavy (non-hydrogen) atoms. The van der Waals surface area contributed by atoms with Gasteiger partial charge in [0.05, 0.1) is 109 Å². The molecule has 0 spiro atoms. The van der Waals surface area contributed by atoms with Gasteiger partial charge in [-0.15, -0.1) is 0 Å². The van der Waals surface area contributed by atoms with Crippen molar-refractivity contribution in [1.82, 2.24) is 52.0 Å². The van der Waals surface area contributed by atoms with Crippen molar-refractivity contribution in [2.75, 3.05) is 83.9 Å². The second kappa shape index (κ2) is 49.7. The van der Waals surface area contributed by atoms with E-state index >= 15 is 0 Å². The van der Waals surface area contributed by atoms with Crippen molar-refractivity contribution >= 4 is 128 Å². The number of nitrogens with one attached hydrogen (secondary N) is 9. The van der Waals surface area contributed by atoms with Gasteiger partial charge in [-0.25, -0.2) is 9.59 Å². The lowest BCUT2D eigenvalue weighted by molar-refractivity contribution is -0.384. The predicted molar refractivity (Wildman–Crippen MR) is 444 cm³/mol. The maximum atomic E-state index is 15.0. The van der Waals surface area contributed by atoms with Crippen molar-refractivity contribution < 1.29 is 125 Å². The van der Waals surface area contributed by atoms with Gasteiger partial charge in [-0.2, -0.15) is 0 Å². The van der Waals surface area contributed by atoms with E-state index in [0.29, 0.717) is 56.6 Å². The highest BCUT2D eigenvalue weighted by Gasteiger charge is 2.46. The second-order valence-corrected chi connectivity index (χ2v) is 32.5. The van der Waals surface area contributed by atoms with E-state index in [1.807, 2.05) is 20.8 Å². The number of carbonyl (C=O) groups is 16. The predicted octanol–water partition coefficient (Wildman–Crippen LogP) is 0.617. The second-order valence-electron chi connectivity index (χ2n) is 31.1. The number of aliphatic hydroxyl groups excluding tert-OH is 3. The van der Waals surface area contributed by atoms with Gasteiger partial charge in [0.1, 0.15) is 41.0 Å². The van der Waals surface area contributed by atoms with E-state index in [1.165, 1.54) is 36.9 Å². The smallest absolute Gasteiger partial charge is 0.445 e. The van der Waals surface area contributed by atoms with Crippen LogP contribution in [0.15, 0.2) is 71.8 Å². The van der Waals surface area contributed by atoms with Gasteiger partial charge in [0.25, 0.3) is 5.69 Å². The number of nitrogens with two attached hydrogens (primary N) is 2. The first-order chi connectivity index (χ1) is 58.7. The molecule has 0 aliphatic carbocycles. The zero-order valence-corrected chi connectivity index (χ0v) is 71.6. The average Bonchev–Trinajstić information content (AvgIpc) is 1.62. The fourth-order valence-corrected chi connectivity index (χ4v) is 14.9. The van der Waals surface area contributed by atoms with Crippen LogP contribution in [0.2, 0.25) is 0 Å². The van der Waals surface area contributed by atoms with Crippen LogP contribution in [0.1, 0.15) is 131 Å². The molecule has 3 aromatic carbocycles. The quantitative estimate of drug-likeness (QED) is 0.00987. The fourth-order valence-electron chi connectivity index (χ4n) is 13.5. The normalized spacial score (nSPS) is 20.8. The molecule has 1 aromatic heterocycles. The van der Waals surface area contributed by atoms with Crippen LogP contribution in [0.4, 0.5) is 21.0 Å². The Morgan fingerprint density at radius 1 is 0.742 bits per heavy atom. The maximum Gasteiger partial charge on any atom is 0.519 e. The summed E-state index contributed by atoms with van der Waals surface area (Å²) in [4.78, 5) is 229. The molecule has 0 radical (unpaired) electrons. The summed E-state index contributed by atoms with van der Waals surface area (Å²) in [6, 6.07) is 8.01. The molecule has 4 heterocycles. The van der Waals surface area contributed by atoms with Crippen LogP contribution in [-0.2, 0) is 105 Å². The van der Waals surface area contributed by atoms with Crippen LogP contribution in [0.5, 0.6) is 11.5 Å². The van der Waals surface area contributed by atoms with Gasteiger partial charge >= 0.3 is 12.2 Å². The van der Waals surface area contributed by atoms with E-state index in [0.717, 1.165) is 35.6 Å². The van der Waals surface area contributed by atoms with Crippen LogP contribution in [-0.4, -0.2) is 261 Å². The van der Waals surface area contributed by atoms with E-state index in [1.54, 1.807) is 52.1 Å². The number of amides is 11. The Labute approximate surface area is 717 Å². The summed E-state index contributed by atoms with van der Waals surface area (Å²) in [6.07, 6.45) is -7.44. The molecular weight excluding hydrogens is 1650 g/mol. The van der Waals surface area contributed by atoms with E-state index in [4.69, 9.17) is 35.2 Å². The number of nitro benzene ring substituents is 1. The third-order valence-electron chi connectivity index (χ3n) is 20.8. The zero-order valence-electron chi connectivity index (χ0n) is 70.7. The molecule has 11 amide bonds. The number of anilines is 1. The lowest BCUT2D eigenvalue weighted by atomic mass is 9.85. The monoisotopic (exact) mass is 1760 g/mol. The van der Waals surface area contributed by atoms with Gasteiger partial charge in [-0.1, -0.05) is 67.0 Å². The summed E-state index contributed by atoms with van der Waals surface area (Å²) in [7, 11) is -0.803. The van der Waals surface area contributed by atoms with Gasteiger partial charge in [-0.05, 0) is 73.2 Å². The number of carbonyl (C=O) groups excluding carboxylic acids is 16. The number of rotatable bonds is 35. The lowest BCUT2D eigenvalue weighted by Crippen LogP contribution is -2.56. The molecule has 3 aliphatic rings. The molecule has 1 saturated heterocycles. The standard InChI is InChI=1S/C48H59N9O18S.C34H55N5O9/c1-4-22(2)41-45(68)51-17-39(64)52-33-21-76(73)46-31(30-10-9-29(16-32(30)53-46)75-48(70)74-28-7-5-26(6-8-28)57(71)72)11-24(43(66)50-18-40(65)54-41)12-36(61)42(23(3)37(62)20-58)55-44(67)34-15-27(59)19-56(34)47(69)25(13-35(33)60)14-38(49)63;1-7-15-46-17-18-47-16-12-29(40)19-24(4)32(43)37-25(5)30(41)20-27(21-31(35)42)33(44)38-28-10-8-26(9-11-28)22-48-34(45)39(6)14-13-36-23(2)3/h5-10,16,22-25,27,33-34,37,41-42,53,58-59,62H,4,11-15,17-21H2,1-3H3,(H2,49,63)(H,50,66)(H,51,68)(H,52,64)(H,54,65)(H,55,67);8-11,23-25,27,36H,7,12-22H2,1-6H3,(H2,35,42)(H,37,43)(H,38,44)/t22-,23-,24-,25-,27+,33-,34-,37-,41-,42-,76?;24-,25+,27+/m01/s1. The maximum absolute atomic E-state index is 15.0. The van der Waals surface area contributed by atoms with E-state index in [9.17, 15) is 106 Å². The molecular formula is C82H114N14O27S. The Morgan fingerprint density at radius 3 is 2.02 bits per heavy atom. The van der Waals surface area contributed by atoms with Crippen LogP contribution < -0.4 is 63.5 Å². The number of benzene rings is 3. The summed E-state index contributed by atoms with van der Waals surface area (Å²) in [5.41, 5.74) is 11.9. The molecule has 3 aliphatic heterocycles. The highest BCUT2D eigenvalue weighted by Crippen LogP contribution is 2.34. The largest absolute Gasteiger partial charge is 0.519 e. The average molecular weight is 1760 g/mol. The number of hydrogen-bond donors (Lipinski definition) is 14. The number of aliphatic hydroxyl groups is 3. The summed E-state index contributed by atoms with van der Waals surface area (Å²) >= 11 is 0. The van der Waals surface area contributed by atoms with E-state index in [-0.39, 0.29) is 83.4 Å². The van der Waals surface area contributed by atoms with Crippen molar-refractivity contribution in [3.8, 4) is 11.5 Å². The van der Waals surface area contributed by atoms with Gasteiger partial charge in [0.2, 0.25) is 59.1 Å². The molecule has 16 N–H and O–H groups in total. The summed E-state index contributed by atoms with van der Waals surface area (Å²) in [6.45, 7) is 13.7. The third-order valence-corrected chi connectivity index (χ3v) is 22.2. The highest BCUT2D eigenvalue weighted by atomic mass is 32.2. The minimum absolute atomic E-state index is 0.0103. The van der Waals surface area contributed by atoms with Gasteiger partial charge in [0, 0.05) is 138 Å². The molecule has 1 unspecified atom stereocenters. The minimum Gasteiger partial charge on any atom is -0.445 e. The highest BCUT2D eigenvalue weighted by molar-refractivity contribution is 7.85. The Morgan fingerprint density at radius 2 is 1.39 bits per heavy atom. The van der Waals surface area contributed by atoms with E-state index < -0.39 is 246 Å². The third kappa shape index (κ3) is 32.0. The number of ether oxygens (including phenoxy) is 5. The first-order valence-corrected chi connectivity index (χ1v) is 42.0. The van der Waals surface area contributed by atoms with Gasteiger partial charge < -0.3 is 108 Å². The number of hydrogen-bond acceptors (Lipinski definition) is 28. The molecule has 14 atom stereocenters. The van der Waals surface area contributed by atoms with Gasteiger partial charge in [-0.3, -0.25) is 81.4 Å². The van der Waals surface area contributed by atoms with Crippen molar-refractivity contribution in [2.45, 2.75) is 186 Å².